The summed E-state index contributed by atoms with van der Waals surface area (Å²) < 4.78 is 0. The Hall–Kier alpha value is -1.20. The van der Waals surface area contributed by atoms with Crippen LogP contribution >= 0.6 is 0 Å². The zero-order valence-electron chi connectivity index (χ0n) is 12.0. The molecule has 2 nitrogen and oxygen atoms in total. The van der Waals surface area contributed by atoms with E-state index in [1.54, 1.807) is 0 Å². The molecule has 0 spiro atoms. The number of nitrogens with zero attached hydrogens (tertiary/aromatic N) is 2. The Bertz CT molecular complexity index is 572. The van der Waals surface area contributed by atoms with Crippen molar-refractivity contribution < 1.29 is 42.1 Å². The largest absolute Gasteiger partial charge is 0.308 e. The van der Waals surface area contributed by atoms with Gasteiger partial charge in [0.1, 0.15) is 5.92 Å². The van der Waals surface area contributed by atoms with Gasteiger partial charge in [0.25, 0.3) is 12.1 Å². The molecule has 0 N–H and O–H groups in total. The van der Waals surface area contributed by atoms with Gasteiger partial charge in [-0.1, -0.05) is 60.7 Å². The predicted molar refractivity (Wildman–Crippen MR) is 80.7 cm³/mol. The van der Waals surface area contributed by atoms with Crippen molar-refractivity contribution in [3.05, 3.63) is 94.6 Å². The molecule has 0 bridgehead atoms. The summed E-state index contributed by atoms with van der Waals surface area (Å²) in [6.45, 7) is 17.0. The molecule has 22 heavy (non-hydrogen) atoms. The predicted octanol–water partition coefficient (Wildman–Crippen LogP) is 4.94. The summed E-state index contributed by atoms with van der Waals surface area (Å²) in [5.74, 6) is -0.0465. The third-order valence-electron chi connectivity index (χ3n) is 3.56. The first kappa shape index (κ1) is 20.8. The van der Waals surface area contributed by atoms with Gasteiger partial charge in [-0.3, -0.25) is 0 Å². The minimum absolute atomic E-state index is 0. The molecule has 2 aromatic rings. The maximum absolute atomic E-state index is 7.48. The maximum Gasteiger partial charge on any atom is 0.259 e. The second kappa shape index (κ2) is 10.5. The molecule has 0 aliphatic rings. The summed E-state index contributed by atoms with van der Waals surface area (Å²) in [7, 11) is 0. The van der Waals surface area contributed by atoms with E-state index in [-0.39, 0.29) is 60.1 Å². The van der Waals surface area contributed by atoms with Crippen LogP contribution in [0.25, 0.3) is 9.69 Å². The molecule has 0 radical (unpaired) electrons. The molecule has 0 fully saturated rings. The van der Waals surface area contributed by atoms with Crippen molar-refractivity contribution in [2.75, 3.05) is 0 Å². The molecular formula is C18H16N2Pt2. The second-order valence-corrected chi connectivity index (χ2v) is 4.83. The number of hydrogen-bond donors (Lipinski definition) is 0. The Labute approximate surface area is 161 Å². The molecule has 2 rings (SSSR count). The number of rotatable bonds is 4. The monoisotopic (exact) mass is 650 g/mol. The van der Waals surface area contributed by atoms with Crippen LogP contribution in [0, 0.1) is 19.1 Å². The molecule has 118 valence electrons. The van der Waals surface area contributed by atoms with Crippen LogP contribution in [0.15, 0.2) is 60.7 Å². The van der Waals surface area contributed by atoms with Gasteiger partial charge in [-0.15, -0.1) is 0 Å². The van der Waals surface area contributed by atoms with E-state index in [0.717, 1.165) is 11.1 Å². The Balaban J connectivity index is 0.00000220. The van der Waals surface area contributed by atoms with E-state index in [2.05, 4.69) is 9.69 Å². The maximum atomic E-state index is 7.48. The van der Waals surface area contributed by atoms with Crippen LogP contribution in [-0.4, -0.2) is 0 Å². The molecule has 2 atom stereocenters. The van der Waals surface area contributed by atoms with Crippen molar-refractivity contribution in [2.24, 2.45) is 5.92 Å². The fourth-order valence-corrected chi connectivity index (χ4v) is 2.46. The molecule has 2 aromatic carbocycles. The Morgan fingerprint density at radius 1 is 0.682 bits per heavy atom. The van der Waals surface area contributed by atoms with Gasteiger partial charge in [0, 0.05) is 53.3 Å². The van der Waals surface area contributed by atoms with Crippen LogP contribution in [0.2, 0.25) is 0 Å². The SMILES string of the molecule is [C-]#[N+]C(c1ccccc1)C(C)C([N+]#[C-])c1ccccc1.[Pt].[Pt]. The molecular weight excluding hydrogens is 634 g/mol. The average molecular weight is 650 g/mol. The van der Waals surface area contributed by atoms with Crippen LogP contribution in [0.5, 0.6) is 0 Å². The molecule has 0 saturated heterocycles. The van der Waals surface area contributed by atoms with Gasteiger partial charge in [-0.25, -0.2) is 13.1 Å². The molecule has 0 aromatic heterocycles. The second-order valence-electron chi connectivity index (χ2n) is 4.83. The van der Waals surface area contributed by atoms with Crippen LogP contribution in [0.3, 0.4) is 0 Å². The van der Waals surface area contributed by atoms with Crippen molar-refractivity contribution >= 4 is 0 Å². The standard InChI is InChI=1S/C18H16N2.2Pt/c1-14(17(19-2)15-10-6-4-7-11-15)18(20-3)16-12-8-5-9-13-16;;/h4-14,17-18H,1H3;;. The summed E-state index contributed by atoms with van der Waals surface area (Å²) in [6, 6.07) is 18.9. The third-order valence-corrected chi connectivity index (χ3v) is 3.56. The quantitative estimate of drug-likeness (QED) is 0.415. The number of benzene rings is 2. The fourth-order valence-electron chi connectivity index (χ4n) is 2.46. The smallest absolute Gasteiger partial charge is 0.259 e. The van der Waals surface area contributed by atoms with Crippen molar-refractivity contribution in [2.45, 2.75) is 19.0 Å². The van der Waals surface area contributed by atoms with E-state index in [1.165, 1.54) is 0 Å². The molecule has 0 amide bonds. The van der Waals surface area contributed by atoms with Gasteiger partial charge in [0.15, 0.2) is 0 Å². The molecule has 4 heteroatoms. The average Bonchev–Trinajstić information content (AvgIpc) is 2.51. The molecule has 0 aliphatic heterocycles. The van der Waals surface area contributed by atoms with Crippen LogP contribution in [0.4, 0.5) is 0 Å². The third kappa shape index (κ3) is 4.92. The number of hydrogen-bond acceptors (Lipinski definition) is 0. The molecule has 0 aliphatic carbocycles. The van der Waals surface area contributed by atoms with E-state index >= 15 is 0 Å². The Morgan fingerprint density at radius 3 is 1.27 bits per heavy atom. The normalized spacial score (nSPS) is 13.2. The fraction of sp³-hybridized carbons (Fsp3) is 0.222. The van der Waals surface area contributed by atoms with Crippen LogP contribution in [-0.2, 0) is 42.1 Å². The molecule has 0 saturated carbocycles. The van der Waals surface area contributed by atoms with E-state index in [9.17, 15) is 0 Å². The summed E-state index contributed by atoms with van der Waals surface area (Å²) in [5, 5.41) is 0. The van der Waals surface area contributed by atoms with E-state index in [1.807, 2.05) is 67.6 Å². The zero-order valence-corrected chi connectivity index (χ0v) is 16.6. The van der Waals surface area contributed by atoms with Crippen molar-refractivity contribution in [1.29, 1.82) is 0 Å². The van der Waals surface area contributed by atoms with Gasteiger partial charge >= 0.3 is 0 Å². The van der Waals surface area contributed by atoms with Crippen molar-refractivity contribution in [3.63, 3.8) is 0 Å². The van der Waals surface area contributed by atoms with Gasteiger partial charge in [0.05, 0.1) is 0 Å². The first-order valence-electron chi connectivity index (χ1n) is 6.61. The van der Waals surface area contributed by atoms with Gasteiger partial charge in [0.2, 0.25) is 0 Å². The van der Waals surface area contributed by atoms with Crippen molar-refractivity contribution in [3.8, 4) is 0 Å². The summed E-state index contributed by atoms with van der Waals surface area (Å²) in [4.78, 5) is 7.52. The first-order valence-corrected chi connectivity index (χ1v) is 6.61. The Morgan fingerprint density at radius 2 is 1.00 bits per heavy atom. The topological polar surface area (TPSA) is 8.72 Å². The van der Waals surface area contributed by atoms with E-state index in [0.29, 0.717) is 0 Å². The zero-order chi connectivity index (χ0) is 14.4. The van der Waals surface area contributed by atoms with Gasteiger partial charge in [-0.05, 0) is 6.92 Å². The molecule has 0 heterocycles. The first-order chi connectivity index (χ1) is 9.77. The molecule has 2 unspecified atom stereocenters. The van der Waals surface area contributed by atoms with Crippen LogP contribution in [0.1, 0.15) is 30.1 Å². The summed E-state index contributed by atoms with van der Waals surface area (Å²) in [6.07, 6.45) is 0. The minimum atomic E-state index is -0.282. The van der Waals surface area contributed by atoms with Gasteiger partial charge < -0.3 is 9.69 Å². The summed E-state index contributed by atoms with van der Waals surface area (Å²) in [5.41, 5.74) is 1.97. The van der Waals surface area contributed by atoms with E-state index < -0.39 is 0 Å². The van der Waals surface area contributed by atoms with E-state index in [4.69, 9.17) is 13.1 Å². The Kier molecular flexibility index (Phi) is 9.94. The van der Waals surface area contributed by atoms with Crippen molar-refractivity contribution in [1.82, 2.24) is 0 Å². The summed E-state index contributed by atoms with van der Waals surface area (Å²) >= 11 is 0. The van der Waals surface area contributed by atoms with Crippen LogP contribution < -0.4 is 0 Å². The minimum Gasteiger partial charge on any atom is -0.308 e. The van der Waals surface area contributed by atoms with Gasteiger partial charge in [-0.2, -0.15) is 0 Å².